The first-order valence-corrected chi connectivity index (χ1v) is 7.59. The lowest BCUT2D eigenvalue weighted by atomic mass is 9.91. The summed E-state index contributed by atoms with van der Waals surface area (Å²) in [6, 6.07) is 12.0. The summed E-state index contributed by atoms with van der Waals surface area (Å²) in [4.78, 5) is 14.6. The van der Waals surface area contributed by atoms with E-state index in [2.05, 4.69) is 22.9 Å². The Kier molecular flexibility index (Phi) is 4.36. The van der Waals surface area contributed by atoms with E-state index >= 15 is 0 Å². The van der Waals surface area contributed by atoms with E-state index in [0.29, 0.717) is 0 Å². The Labute approximate surface area is 120 Å². The molecule has 0 saturated heterocycles. The van der Waals surface area contributed by atoms with Crippen LogP contribution in [0.4, 0.5) is 0 Å². The molecule has 0 saturated carbocycles. The topological polar surface area (TPSA) is 17.1 Å². The molecule has 1 aromatic heterocycles. The fourth-order valence-electron chi connectivity index (χ4n) is 2.07. The predicted molar refractivity (Wildman–Crippen MR) is 80.6 cm³/mol. The Bertz CT molecular complexity index is 545. The number of carbonyl (C=O) groups is 1. The molecule has 1 atom stereocenters. The van der Waals surface area contributed by atoms with Gasteiger partial charge in [0.1, 0.15) is 0 Å². The zero-order valence-corrected chi connectivity index (χ0v) is 12.8. The number of halogens is 1. The predicted octanol–water partition coefficient (Wildman–Crippen LogP) is 5.20. The van der Waals surface area contributed by atoms with E-state index in [-0.39, 0.29) is 11.7 Å². The quantitative estimate of drug-likeness (QED) is 0.707. The van der Waals surface area contributed by atoms with Gasteiger partial charge in [-0.05, 0) is 40.9 Å². The van der Waals surface area contributed by atoms with Crippen LogP contribution in [0, 0.1) is 6.92 Å². The Hall–Kier alpha value is -0.930. The summed E-state index contributed by atoms with van der Waals surface area (Å²) in [5, 5.41) is 0. The largest absolute Gasteiger partial charge is 0.293 e. The molecule has 3 heteroatoms. The second kappa shape index (κ2) is 5.81. The third-order valence-electron chi connectivity index (χ3n) is 2.96. The minimum absolute atomic E-state index is 0.0412. The Balaban J connectivity index is 2.34. The van der Waals surface area contributed by atoms with Crippen molar-refractivity contribution in [3.63, 3.8) is 0 Å². The summed E-state index contributed by atoms with van der Waals surface area (Å²) in [5.41, 5.74) is 1.10. The number of thiophene rings is 1. The molecule has 2 aromatic rings. The van der Waals surface area contributed by atoms with Crippen LogP contribution >= 0.6 is 27.3 Å². The summed E-state index contributed by atoms with van der Waals surface area (Å²) in [6.45, 7) is 4.08. The van der Waals surface area contributed by atoms with Crippen LogP contribution in [0.3, 0.4) is 0 Å². The zero-order valence-electron chi connectivity index (χ0n) is 10.4. The van der Waals surface area contributed by atoms with Crippen molar-refractivity contribution < 1.29 is 4.79 Å². The molecule has 0 aliphatic rings. The molecule has 0 bridgehead atoms. The van der Waals surface area contributed by atoms with Gasteiger partial charge in [-0.2, -0.15) is 0 Å². The monoisotopic (exact) mass is 322 g/mol. The number of Topliss-reactive ketones (excluding diaryl/α,β-unsaturated/α-hetero) is 1. The lowest BCUT2D eigenvalue weighted by molar-refractivity contribution is 0.0960. The standard InChI is InChI=1S/C15H15BrOS/c1-3-12(11-7-5-4-6-8-11)14(17)15-13(16)9-10(2)18-15/h4-9,12H,3H2,1-2H3. The number of hydrogen-bond donors (Lipinski definition) is 0. The molecule has 18 heavy (non-hydrogen) atoms. The Morgan fingerprint density at radius 3 is 2.50 bits per heavy atom. The van der Waals surface area contributed by atoms with Crippen LogP contribution < -0.4 is 0 Å². The molecule has 0 spiro atoms. The number of carbonyl (C=O) groups excluding carboxylic acids is 1. The first-order valence-electron chi connectivity index (χ1n) is 5.98. The van der Waals surface area contributed by atoms with Crippen molar-refractivity contribution in [2.24, 2.45) is 0 Å². The average Bonchev–Trinajstić information content (AvgIpc) is 2.70. The van der Waals surface area contributed by atoms with Gasteiger partial charge >= 0.3 is 0 Å². The van der Waals surface area contributed by atoms with Crippen LogP contribution in [0.1, 0.15) is 39.4 Å². The highest BCUT2D eigenvalue weighted by molar-refractivity contribution is 9.10. The fraction of sp³-hybridized carbons (Fsp3) is 0.267. The van der Waals surface area contributed by atoms with Gasteiger partial charge in [-0.3, -0.25) is 4.79 Å². The molecule has 1 unspecified atom stereocenters. The van der Waals surface area contributed by atoms with Gasteiger partial charge < -0.3 is 0 Å². The van der Waals surface area contributed by atoms with Crippen molar-refractivity contribution in [2.45, 2.75) is 26.2 Å². The summed E-state index contributed by atoms with van der Waals surface area (Å²) < 4.78 is 0.921. The van der Waals surface area contributed by atoms with E-state index in [1.54, 1.807) is 11.3 Å². The lowest BCUT2D eigenvalue weighted by Crippen LogP contribution is -2.11. The van der Waals surface area contributed by atoms with Crippen molar-refractivity contribution in [3.8, 4) is 0 Å². The number of benzene rings is 1. The fourth-order valence-corrected chi connectivity index (χ4v) is 3.90. The Morgan fingerprint density at radius 1 is 1.33 bits per heavy atom. The van der Waals surface area contributed by atoms with E-state index < -0.39 is 0 Å². The third kappa shape index (κ3) is 2.73. The lowest BCUT2D eigenvalue weighted by Gasteiger charge is -2.13. The van der Waals surface area contributed by atoms with Crippen LogP contribution in [0.25, 0.3) is 0 Å². The second-order valence-electron chi connectivity index (χ2n) is 4.27. The number of ketones is 1. The minimum Gasteiger partial charge on any atom is -0.293 e. The third-order valence-corrected chi connectivity index (χ3v) is 4.91. The molecule has 1 heterocycles. The molecule has 1 nitrogen and oxygen atoms in total. The van der Waals surface area contributed by atoms with E-state index in [4.69, 9.17) is 0 Å². The van der Waals surface area contributed by atoms with Gasteiger partial charge in [0.15, 0.2) is 5.78 Å². The maximum absolute atomic E-state index is 12.6. The molecule has 0 amide bonds. The number of hydrogen-bond acceptors (Lipinski definition) is 2. The first kappa shape index (κ1) is 13.5. The molecule has 94 valence electrons. The number of aryl methyl sites for hydroxylation is 1. The van der Waals surface area contributed by atoms with Crippen molar-refractivity contribution in [3.05, 3.63) is 56.2 Å². The highest BCUT2D eigenvalue weighted by atomic mass is 79.9. The van der Waals surface area contributed by atoms with E-state index in [1.165, 1.54) is 0 Å². The normalized spacial score (nSPS) is 12.4. The van der Waals surface area contributed by atoms with Gasteiger partial charge in [-0.25, -0.2) is 0 Å². The molecule has 2 rings (SSSR count). The van der Waals surface area contributed by atoms with Crippen molar-refractivity contribution in [1.29, 1.82) is 0 Å². The highest BCUT2D eigenvalue weighted by Gasteiger charge is 2.23. The molecule has 0 fully saturated rings. The maximum atomic E-state index is 12.6. The van der Waals surface area contributed by atoms with Crippen molar-refractivity contribution >= 4 is 33.0 Å². The van der Waals surface area contributed by atoms with Crippen LogP contribution in [0.5, 0.6) is 0 Å². The second-order valence-corrected chi connectivity index (χ2v) is 6.38. The SMILES string of the molecule is CCC(C(=O)c1sc(C)cc1Br)c1ccccc1. The van der Waals surface area contributed by atoms with Crippen LogP contribution in [0.2, 0.25) is 0 Å². The summed E-state index contributed by atoms with van der Waals surface area (Å²) in [5.74, 6) is 0.175. The summed E-state index contributed by atoms with van der Waals surface area (Å²) in [6.07, 6.45) is 0.826. The van der Waals surface area contributed by atoms with Crippen LogP contribution in [-0.4, -0.2) is 5.78 Å². The smallest absolute Gasteiger partial charge is 0.181 e. The zero-order chi connectivity index (χ0) is 13.1. The van der Waals surface area contributed by atoms with Gasteiger partial charge in [-0.15, -0.1) is 11.3 Å². The molecule has 1 aromatic carbocycles. The van der Waals surface area contributed by atoms with Crippen molar-refractivity contribution in [2.75, 3.05) is 0 Å². The molecule has 0 aliphatic heterocycles. The van der Waals surface area contributed by atoms with Gasteiger partial charge in [0, 0.05) is 15.3 Å². The van der Waals surface area contributed by atoms with Crippen LogP contribution in [-0.2, 0) is 0 Å². The van der Waals surface area contributed by atoms with E-state index in [0.717, 1.165) is 26.2 Å². The molecule has 0 radical (unpaired) electrons. The first-order chi connectivity index (χ1) is 8.63. The van der Waals surface area contributed by atoms with E-state index in [1.807, 2.05) is 43.3 Å². The number of rotatable bonds is 4. The Morgan fingerprint density at radius 2 is 2.00 bits per heavy atom. The summed E-state index contributed by atoms with van der Waals surface area (Å²) >= 11 is 5.04. The van der Waals surface area contributed by atoms with E-state index in [9.17, 15) is 4.79 Å². The van der Waals surface area contributed by atoms with Gasteiger partial charge in [-0.1, -0.05) is 37.3 Å². The van der Waals surface area contributed by atoms with Gasteiger partial charge in [0.2, 0.25) is 0 Å². The maximum Gasteiger partial charge on any atom is 0.181 e. The van der Waals surface area contributed by atoms with Gasteiger partial charge in [0.05, 0.1) is 4.88 Å². The van der Waals surface area contributed by atoms with Crippen LogP contribution in [0.15, 0.2) is 40.9 Å². The molecular formula is C15H15BrOS. The molecule has 0 aliphatic carbocycles. The molecule has 0 N–H and O–H groups in total. The minimum atomic E-state index is -0.0412. The molecular weight excluding hydrogens is 308 g/mol. The highest BCUT2D eigenvalue weighted by Crippen LogP contribution is 2.33. The summed E-state index contributed by atoms with van der Waals surface area (Å²) in [7, 11) is 0. The van der Waals surface area contributed by atoms with Gasteiger partial charge in [0.25, 0.3) is 0 Å². The average molecular weight is 323 g/mol. The van der Waals surface area contributed by atoms with Crippen molar-refractivity contribution in [1.82, 2.24) is 0 Å².